The van der Waals surface area contributed by atoms with E-state index in [9.17, 15) is 4.79 Å². The maximum Gasteiger partial charge on any atom is 0.264 e. The highest BCUT2D eigenvalue weighted by molar-refractivity contribution is 5.90. The number of nitrogens with one attached hydrogen (secondary N) is 1. The molecule has 0 saturated carbocycles. The predicted molar refractivity (Wildman–Crippen MR) is 73.8 cm³/mol. The van der Waals surface area contributed by atoms with Gasteiger partial charge in [0.2, 0.25) is 5.88 Å². The topological polar surface area (TPSA) is 64.4 Å². The summed E-state index contributed by atoms with van der Waals surface area (Å²) in [6.07, 6.45) is 3.43. The lowest BCUT2D eigenvalue weighted by molar-refractivity contribution is -0.118. The van der Waals surface area contributed by atoms with Crippen molar-refractivity contribution in [3.63, 3.8) is 0 Å². The molecule has 2 aromatic rings. The Kier molecular flexibility index (Phi) is 3.41. The molecule has 1 aromatic carbocycles. The maximum atomic E-state index is 11.7. The number of amides is 1. The molecule has 3 rings (SSSR count). The third-order valence-electron chi connectivity index (χ3n) is 3.33. The molecule has 0 atom stereocenters. The molecule has 1 heterocycles. The van der Waals surface area contributed by atoms with Crippen LogP contribution in [0.15, 0.2) is 28.8 Å². The van der Waals surface area contributed by atoms with Crippen molar-refractivity contribution >= 4 is 11.8 Å². The number of rotatable bonds is 4. The Morgan fingerprint density at radius 1 is 1.35 bits per heavy atom. The highest BCUT2D eigenvalue weighted by Crippen LogP contribution is 2.25. The van der Waals surface area contributed by atoms with Crippen LogP contribution in [0, 0.1) is 6.92 Å². The zero-order valence-corrected chi connectivity index (χ0v) is 11.3. The van der Waals surface area contributed by atoms with Crippen LogP contribution in [0.25, 0.3) is 0 Å². The molecule has 1 aliphatic carbocycles. The van der Waals surface area contributed by atoms with Crippen molar-refractivity contribution < 1.29 is 14.1 Å². The number of fused-ring (bicyclic) bond motifs is 1. The fourth-order valence-corrected chi connectivity index (χ4v) is 2.38. The van der Waals surface area contributed by atoms with E-state index >= 15 is 0 Å². The molecule has 1 aliphatic rings. The van der Waals surface area contributed by atoms with E-state index in [1.54, 1.807) is 13.0 Å². The van der Waals surface area contributed by atoms with Gasteiger partial charge in [-0.3, -0.25) is 10.1 Å². The van der Waals surface area contributed by atoms with Crippen LogP contribution in [0.3, 0.4) is 0 Å². The lowest BCUT2D eigenvalue weighted by Gasteiger charge is -2.07. The van der Waals surface area contributed by atoms with Crippen LogP contribution in [-0.2, 0) is 17.6 Å². The van der Waals surface area contributed by atoms with Crippen molar-refractivity contribution in [2.24, 2.45) is 0 Å². The van der Waals surface area contributed by atoms with Crippen molar-refractivity contribution in [3.8, 4) is 5.75 Å². The number of aromatic nitrogens is 1. The second-order valence-electron chi connectivity index (χ2n) is 4.95. The number of hydrogen-bond acceptors (Lipinski definition) is 4. The third kappa shape index (κ3) is 2.82. The zero-order chi connectivity index (χ0) is 13.9. The van der Waals surface area contributed by atoms with E-state index in [-0.39, 0.29) is 12.5 Å². The molecule has 0 spiro atoms. The van der Waals surface area contributed by atoms with E-state index in [4.69, 9.17) is 9.26 Å². The van der Waals surface area contributed by atoms with E-state index in [0.717, 1.165) is 24.3 Å². The molecular formula is C15H16N2O3. The summed E-state index contributed by atoms with van der Waals surface area (Å²) in [6.45, 7) is 1.75. The summed E-state index contributed by atoms with van der Waals surface area (Å²) in [7, 11) is 0. The first-order valence-electron chi connectivity index (χ1n) is 6.68. The van der Waals surface area contributed by atoms with Gasteiger partial charge in [-0.25, -0.2) is 0 Å². The molecule has 1 amide bonds. The Balaban J connectivity index is 1.55. The number of aryl methyl sites for hydroxylation is 3. The molecule has 0 aliphatic heterocycles. The molecular weight excluding hydrogens is 256 g/mol. The SMILES string of the molecule is Cc1cc(NC(=O)COc2ccc3c(c2)CCC3)on1. The van der Waals surface area contributed by atoms with Gasteiger partial charge >= 0.3 is 0 Å². The van der Waals surface area contributed by atoms with Crippen LogP contribution in [0.1, 0.15) is 23.2 Å². The first kappa shape index (κ1) is 12.7. The van der Waals surface area contributed by atoms with Crippen LogP contribution >= 0.6 is 0 Å². The predicted octanol–water partition coefficient (Wildman–Crippen LogP) is 2.49. The van der Waals surface area contributed by atoms with Crippen LogP contribution < -0.4 is 10.1 Å². The lowest BCUT2D eigenvalue weighted by atomic mass is 10.1. The molecule has 1 aromatic heterocycles. The van der Waals surface area contributed by atoms with Crippen molar-refractivity contribution in [1.82, 2.24) is 5.16 Å². The summed E-state index contributed by atoms with van der Waals surface area (Å²) in [5.74, 6) is 0.807. The van der Waals surface area contributed by atoms with Gasteiger partial charge < -0.3 is 9.26 Å². The molecule has 0 bridgehead atoms. The smallest absolute Gasteiger partial charge is 0.264 e. The monoisotopic (exact) mass is 272 g/mol. The second-order valence-corrected chi connectivity index (χ2v) is 4.95. The van der Waals surface area contributed by atoms with E-state index in [2.05, 4.69) is 16.5 Å². The summed E-state index contributed by atoms with van der Waals surface area (Å²) in [5.41, 5.74) is 3.44. The van der Waals surface area contributed by atoms with Gasteiger partial charge in [0.25, 0.3) is 5.91 Å². The van der Waals surface area contributed by atoms with Crippen molar-refractivity contribution in [1.29, 1.82) is 0 Å². The van der Waals surface area contributed by atoms with E-state index in [0.29, 0.717) is 5.88 Å². The van der Waals surface area contributed by atoms with Gasteiger partial charge in [-0.15, -0.1) is 0 Å². The first-order chi connectivity index (χ1) is 9.70. The standard InChI is InChI=1S/C15H16N2O3/c1-10-7-15(20-17-10)16-14(18)9-19-13-6-5-11-3-2-4-12(11)8-13/h5-8H,2-4,9H2,1H3,(H,16,18). The Hall–Kier alpha value is -2.30. The average molecular weight is 272 g/mol. The molecule has 1 N–H and O–H groups in total. The first-order valence-corrected chi connectivity index (χ1v) is 6.68. The van der Waals surface area contributed by atoms with Crippen molar-refractivity contribution in [2.45, 2.75) is 26.2 Å². The Morgan fingerprint density at radius 2 is 2.20 bits per heavy atom. The van der Waals surface area contributed by atoms with Gasteiger partial charge in [-0.2, -0.15) is 0 Å². The van der Waals surface area contributed by atoms with Crippen LogP contribution in [-0.4, -0.2) is 17.7 Å². The van der Waals surface area contributed by atoms with Crippen LogP contribution in [0.2, 0.25) is 0 Å². The number of ether oxygens (including phenoxy) is 1. The van der Waals surface area contributed by atoms with Crippen LogP contribution in [0.4, 0.5) is 5.88 Å². The quantitative estimate of drug-likeness (QED) is 0.928. The van der Waals surface area contributed by atoms with Gasteiger partial charge in [0.1, 0.15) is 5.75 Å². The summed E-state index contributed by atoms with van der Waals surface area (Å²) in [4.78, 5) is 11.7. The normalized spacial score (nSPS) is 13.1. The van der Waals surface area contributed by atoms with Crippen molar-refractivity contribution in [2.75, 3.05) is 11.9 Å². The second kappa shape index (κ2) is 5.36. The number of carbonyl (C=O) groups is 1. The molecule has 104 valence electrons. The van der Waals surface area contributed by atoms with Gasteiger partial charge in [0, 0.05) is 6.07 Å². The van der Waals surface area contributed by atoms with E-state index < -0.39 is 0 Å². The summed E-state index contributed by atoms with van der Waals surface area (Å²) in [6, 6.07) is 7.67. The Labute approximate surface area is 116 Å². The molecule has 0 unspecified atom stereocenters. The summed E-state index contributed by atoms with van der Waals surface area (Å²) < 4.78 is 10.4. The third-order valence-corrected chi connectivity index (χ3v) is 3.33. The summed E-state index contributed by atoms with van der Waals surface area (Å²) in [5, 5.41) is 6.29. The Morgan fingerprint density at radius 3 is 3.00 bits per heavy atom. The fourth-order valence-electron chi connectivity index (χ4n) is 2.38. The largest absolute Gasteiger partial charge is 0.484 e. The van der Waals surface area contributed by atoms with E-state index in [1.165, 1.54) is 17.5 Å². The molecule has 20 heavy (non-hydrogen) atoms. The Bertz CT molecular complexity index is 634. The number of carbonyl (C=O) groups excluding carboxylic acids is 1. The number of anilines is 1. The number of benzene rings is 1. The molecule has 0 radical (unpaired) electrons. The van der Waals surface area contributed by atoms with E-state index in [1.807, 2.05) is 12.1 Å². The minimum absolute atomic E-state index is 0.0431. The minimum atomic E-state index is -0.262. The number of hydrogen-bond donors (Lipinski definition) is 1. The highest BCUT2D eigenvalue weighted by atomic mass is 16.5. The van der Waals surface area contributed by atoms with Gasteiger partial charge in [-0.05, 0) is 49.4 Å². The maximum absolute atomic E-state index is 11.7. The van der Waals surface area contributed by atoms with Gasteiger partial charge in [0.05, 0.1) is 5.69 Å². The molecule has 0 saturated heterocycles. The highest BCUT2D eigenvalue weighted by Gasteiger charge is 2.12. The van der Waals surface area contributed by atoms with Gasteiger partial charge in [-0.1, -0.05) is 11.2 Å². The minimum Gasteiger partial charge on any atom is -0.484 e. The summed E-state index contributed by atoms with van der Waals surface area (Å²) >= 11 is 0. The molecule has 0 fully saturated rings. The van der Waals surface area contributed by atoms with Crippen molar-refractivity contribution in [3.05, 3.63) is 41.1 Å². The zero-order valence-electron chi connectivity index (χ0n) is 11.3. The van der Waals surface area contributed by atoms with Gasteiger partial charge in [0.15, 0.2) is 6.61 Å². The van der Waals surface area contributed by atoms with Crippen LogP contribution in [0.5, 0.6) is 5.75 Å². The fraction of sp³-hybridized carbons (Fsp3) is 0.333. The average Bonchev–Trinajstić information content (AvgIpc) is 3.04. The molecule has 5 nitrogen and oxygen atoms in total. The number of nitrogens with zero attached hydrogens (tertiary/aromatic N) is 1. The molecule has 5 heteroatoms. The lowest BCUT2D eigenvalue weighted by Crippen LogP contribution is -2.19.